The van der Waals surface area contributed by atoms with Crippen LogP contribution >= 0.6 is 7.82 Å². The molecule has 11 heteroatoms. The third-order valence-corrected chi connectivity index (χ3v) is 3.46. The van der Waals surface area contributed by atoms with Crippen molar-refractivity contribution in [2.24, 2.45) is 0 Å². The van der Waals surface area contributed by atoms with Gasteiger partial charge in [-0.05, 0) is 12.0 Å². The highest BCUT2D eigenvalue weighted by atomic mass is 31.2. The Morgan fingerprint density at radius 2 is 1.80 bits per heavy atom. The van der Waals surface area contributed by atoms with Crippen molar-refractivity contribution in [3.8, 4) is 0 Å². The topological polar surface area (TPSA) is 163 Å². The Bertz CT molecular complexity index is 604. The zero-order valence-corrected chi connectivity index (χ0v) is 14.0. The van der Waals surface area contributed by atoms with Gasteiger partial charge in [0.15, 0.2) is 5.78 Å². The van der Waals surface area contributed by atoms with Crippen molar-refractivity contribution in [3.63, 3.8) is 0 Å². The number of Topliss-reactive ketones (excluding diaryl/α,β-unsaturated/α-hetero) is 1. The van der Waals surface area contributed by atoms with E-state index in [1.165, 1.54) is 0 Å². The van der Waals surface area contributed by atoms with Crippen LogP contribution in [-0.4, -0.2) is 57.2 Å². The maximum atomic E-state index is 11.5. The molecule has 0 saturated heterocycles. The Hall–Kier alpha value is -1.81. The van der Waals surface area contributed by atoms with Gasteiger partial charge in [-0.25, -0.2) is 9.36 Å². The first-order chi connectivity index (χ1) is 11.7. The van der Waals surface area contributed by atoms with E-state index in [2.05, 4.69) is 9.84 Å². The molecule has 0 aliphatic rings. The summed E-state index contributed by atoms with van der Waals surface area (Å²) in [6.07, 6.45) is -4.35. The minimum atomic E-state index is -4.84. The fourth-order valence-corrected chi connectivity index (χ4v) is 2.00. The Labute approximate surface area is 143 Å². The number of carbonyl (C=O) groups excluding carboxylic acids is 2. The molecular weight excluding hydrogens is 357 g/mol. The van der Waals surface area contributed by atoms with Crippen LogP contribution in [0.5, 0.6) is 0 Å². The van der Waals surface area contributed by atoms with E-state index < -0.39 is 38.5 Å². The van der Waals surface area contributed by atoms with Gasteiger partial charge in [0, 0.05) is 6.54 Å². The van der Waals surface area contributed by atoms with Gasteiger partial charge in [0.25, 0.3) is 0 Å². The van der Waals surface area contributed by atoms with Gasteiger partial charge < -0.3 is 30.1 Å². The lowest BCUT2D eigenvalue weighted by Gasteiger charge is -2.17. The standard InChI is InChI=1S/C14H20NO9P/c16-11(13(18)12(17)9-24-25(20,21)22)6-7-15-14(19)23-8-10-4-2-1-3-5-10/h1-5,11,13,16,18H,6-9H2,(H,15,19)(H2,20,21,22)/t11?,13-/m1/s1. The Morgan fingerprint density at radius 1 is 1.16 bits per heavy atom. The number of ether oxygens (including phenoxy) is 1. The van der Waals surface area contributed by atoms with Gasteiger partial charge in [0.2, 0.25) is 0 Å². The van der Waals surface area contributed by atoms with E-state index in [1.54, 1.807) is 24.3 Å². The van der Waals surface area contributed by atoms with Gasteiger partial charge in [-0.3, -0.25) is 9.32 Å². The number of phosphoric ester groups is 1. The van der Waals surface area contributed by atoms with E-state index in [9.17, 15) is 24.4 Å². The normalized spacial score (nSPS) is 13.8. The van der Waals surface area contributed by atoms with Crippen molar-refractivity contribution >= 4 is 19.7 Å². The van der Waals surface area contributed by atoms with Gasteiger partial charge in [0.05, 0.1) is 6.10 Å². The smallest absolute Gasteiger partial charge is 0.445 e. The van der Waals surface area contributed by atoms with Crippen LogP contribution in [0.15, 0.2) is 30.3 Å². The zero-order chi connectivity index (χ0) is 18.9. The summed E-state index contributed by atoms with van der Waals surface area (Å²) in [7, 11) is -4.84. The second-order valence-corrected chi connectivity index (χ2v) is 6.26. The lowest BCUT2D eigenvalue weighted by Crippen LogP contribution is -2.38. The zero-order valence-electron chi connectivity index (χ0n) is 13.1. The molecule has 1 unspecified atom stereocenters. The molecule has 0 bridgehead atoms. The number of aliphatic hydroxyl groups excluding tert-OH is 2. The van der Waals surface area contributed by atoms with Crippen LogP contribution < -0.4 is 5.32 Å². The number of aliphatic hydroxyl groups is 2. The number of alkyl carbamates (subject to hydrolysis) is 1. The minimum Gasteiger partial charge on any atom is -0.445 e. The molecule has 0 radical (unpaired) electrons. The Kier molecular flexibility index (Phi) is 8.70. The third-order valence-electron chi connectivity index (χ3n) is 2.99. The number of ketones is 1. The number of benzene rings is 1. The second kappa shape index (κ2) is 10.2. The molecule has 0 aliphatic carbocycles. The monoisotopic (exact) mass is 377 g/mol. The summed E-state index contributed by atoms with van der Waals surface area (Å²) >= 11 is 0. The first-order valence-electron chi connectivity index (χ1n) is 7.22. The molecule has 140 valence electrons. The fourth-order valence-electron chi connectivity index (χ4n) is 1.70. The maximum Gasteiger partial charge on any atom is 0.470 e. The van der Waals surface area contributed by atoms with Gasteiger partial charge in [-0.2, -0.15) is 0 Å². The van der Waals surface area contributed by atoms with Crippen LogP contribution in [-0.2, 0) is 25.2 Å². The molecule has 0 aliphatic heterocycles. The molecule has 0 fully saturated rings. The summed E-state index contributed by atoms with van der Waals surface area (Å²) in [5.41, 5.74) is 0.795. The quantitative estimate of drug-likeness (QED) is 0.345. The molecule has 1 aromatic carbocycles. The molecule has 10 nitrogen and oxygen atoms in total. The number of phosphoric acid groups is 1. The van der Waals surface area contributed by atoms with Gasteiger partial charge in [-0.15, -0.1) is 0 Å². The Balaban J connectivity index is 2.24. The average Bonchev–Trinajstić information content (AvgIpc) is 2.57. The van der Waals surface area contributed by atoms with E-state index in [0.29, 0.717) is 0 Å². The Morgan fingerprint density at radius 3 is 2.40 bits per heavy atom. The summed E-state index contributed by atoms with van der Waals surface area (Å²) in [5, 5.41) is 21.5. The molecule has 25 heavy (non-hydrogen) atoms. The van der Waals surface area contributed by atoms with Crippen molar-refractivity contribution in [1.29, 1.82) is 0 Å². The summed E-state index contributed by atoms with van der Waals surface area (Å²) in [6, 6.07) is 8.96. The molecular formula is C14H20NO9P. The lowest BCUT2D eigenvalue weighted by atomic mass is 10.1. The molecule has 0 heterocycles. The van der Waals surface area contributed by atoms with Crippen LogP contribution in [0, 0.1) is 0 Å². The van der Waals surface area contributed by atoms with E-state index in [0.717, 1.165) is 5.56 Å². The molecule has 1 amide bonds. The van der Waals surface area contributed by atoms with E-state index in [1.807, 2.05) is 6.07 Å². The summed E-state index contributed by atoms with van der Waals surface area (Å²) in [5.74, 6) is -1.09. The number of hydrogen-bond acceptors (Lipinski definition) is 7. The van der Waals surface area contributed by atoms with Crippen molar-refractivity contribution in [2.45, 2.75) is 25.2 Å². The maximum absolute atomic E-state index is 11.5. The van der Waals surface area contributed by atoms with E-state index in [4.69, 9.17) is 14.5 Å². The lowest BCUT2D eigenvalue weighted by molar-refractivity contribution is -0.135. The van der Waals surface area contributed by atoms with Crippen LogP contribution in [0.3, 0.4) is 0 Å². The highest BCUT2D eigenvalue weighted by Crippen LogP contribution is 2.35. The first kappa shape index (κ1) is 21.2. The van der Waals surface area contributed by atoms with E-state index in [-0.39, 0.29) is 19.6 Å². The molecule has 0 spiro atoms. The van der Waals surface area contributed by atoms with Crippen LogP contribution in [0.2, 0.25) is 0 Å². The highest BCUT2D eigenvalue weighted by Gasteiger charge is 2.26. The van der Waals surface area contributed by atoms with Crippen molar-refractivity contribution in [1.82, 2.24) is 5.32 Å². The van der Waals surface area contributed by atoms with Crippen molar-refractivity contribution < 1.29 is 43.4 Å². The van der Waals surface area contributed by atoms with E-state index >= 15 is 0 Å². The van der Waals surface area contributed by atoms with Gasteiger partial charge in [-0.1, -0.05) is 30.3 Å². The number of amides is 1. The SMILES string of the molecule is O=C(NCCC(O)[C@@H](O)C(=O)COP(=O)(O)O)OCc1ccccc1. The largest absolute Gasteiger partial charge is 0.470 e. The minimum absolute atomic E-state index is 0.0655. The fraction of sp³-hybridized carbons (Fsp3) is 0.429. The molecule has 0 saturated carbocycles. The molecule has 2 atom stereocenters. The number of rotatable bonds is 10. The molecule has 1 aromatic rings. The first-order valence-corrected chi connectivity index (χ1v) is 8.75. The van der Waals surface area contributed by atoms with Gasteiger partial charge in [0.1, 0.15) is 19.3 Å². The van der Waals surface area contributed by atoms with Gasteiger partial charge >= 0.3 is 13.9 Å². The second-order valence-electron chi connectivity index (χ2n) is 5.02. The predicted molar refractivity (Wildman–Crippen MR) is 84.3 cm³/mol. The average molecular weight is 377 g/mol. The van der Waals surface area contributed by atoms with Crippen molar-refractivity contribution in [3.05, 3.63) is 35.9 Å². The van der Waals surface area contributed by atoms with Crippen LogP contribution in [0.25, 0.3) is 0 Å². The number of nitrogens with one attached hydrogen (secondary N) is 1. The molecule has 5 N–H and O–H groups in total. The number of carbonyl (C=O) groups is 2. The predicted octanol–water partition coefficient (Wildman–Crippen LogP) is -0.297. The number of hydrogen-bond donors (Lipinski definition) is 5. The summed E-state index contributed by atoms with van der Waals surface area (Å²) in [6.45, 7) is -1.07. The summed E-state index contributed by atoms with van der Waals surface area (Å²) < 4.78 is 19.3. The summed E-state index contributed by atoms with van der Waals surface area (Å²) in [4.78, 5) is 39.8. The highest BCUT2D eigenvalue weighted by molar-refractivity contribution is 7.46. The molecule has 0 aromatic heterocycles. The molecule has 1 rings (SSSR count). The van der Waals surface area contributed by atoms with Crippen molar-refractivity contribution in [2.75, 3.05) is 13.2 Å². The third kappa shape index (κ3) is 9.30. The van der Waals surface area contributed by atoms with Crippen LogP contribution in [0.4, 0.5) is 4.79 Å². The van der Waals surface area contributed by atoms with Crippen LogP contribution in [0.1, 0.15) is 12.0 Å².